The van der Waals surface area contributed by atoms with E-state index in [4.69, 9.17) is 9.84 Å². The summed E-state index contributed by atoms with van der Waals surface area (Å²) in [5, 5.41) is 14.3. The molecule has 0 aliphatic rings. The smallest absolute Gasteiger partial charge is 0.325 e. The summed E-state index contributed by atoms with van der Waals surface area (Å²) in [5.41, 5.74) is 0.644. The van der Waals surface area contributed by atoms with Gasteiger partial charge >= 0.3 is 6.03 Å². The lowest BCUT2D eigenvalue weighted by Gasteiger charge is -2.06. The summed E-state index contributed by atoms with van der Waals surface area (Å²) in [6.07, 6.45) is 1.54. The third-order valence-corrected chi connectivity index (χ3v) is 3.19. The summed E-state index contributed by atoms with van der Waals surface area (Å²) < 4.78 is 5.04. The van der Waals surface area contributed by atoms with Gasteiger partial charge in [0.25, 0.3) is 0 Å². The predicted octanol–water partition coefficient (Wildman–Crippen LogP) is 2.14. The number of nitrogens with one attached hydrogen (secondary N) is 2. The Morgan fingerprint density at radius 3 is 2.81 bits per heavy atom. The summed E-state index contributed by atoms with van der Waals surface area (Å²) >= 11 is 1.23. The van der Waals surface area contributed by atoms with Crippen molar-refractivity contribution in [3.05, 3.63) is 35.3 Å². The first-order chi connectivity index (χ1) is 10.2. The summed E-state index contributed by atoms with van der Waals surface area (Å²) in [5.74, 6) is 5.95. The number of ether oxygens (including phenoxy) is 1. The summed E-state index contributed by atoms with van der Waals surface area (Å²) in [6, 6.07) is 6.58. The van der Waals surface area contributed by atoms with Crippen molar-refractivity contribution >= 4 is 28.2 Å². The van der Waals surface area contributed by atoms with E-state index < -0.39 is 6.03 Å². The van der Waals surface area contributed by atoms with Crippen LogP contribution in [0.1, 0.15) is 4.88 Å². The van der Waals surface area contributed by atoms with Gasteiger partial charge in [-0.3, -0.25) is 5.32 Å². The number of anilines is 2. The molecule has 6 nitrogen and oxygen atoms in total. The van der Waals surface area contributed by atoms with Crippen LogP contribution >= 0.6 is 11.3 Å². The molecule has 0 radical (unpaired) electrons. The van der Waals surface area contributed by atoms with Crippen molar-refractivity contribution in [3.63, 3.8) is 0 Å². The number of aliphatic hydroxyl groups is 1. The molecule has 2 aromatic rings. The second-order valence-electron chi connectivity index (χ2n) is 3.80. The zero-order chi connectivity index (χ0) is 15.1. The molecule has 2 amide bonds. The number of aromatic nitrogens is 1. The van der Waals surface area contributed by atoms with Crippen molar-refractivity contribution < 1.29 is 14.6 Å². The number of hydrogen-bond acceptors (Lipinski definition) is 5. The number of rotatable bonds is 3. The molecule has 0 aliphatic carbocycles. The number of carbonyl (C=O) groups excluding carboxylic acids is 1. The van der Waals surface area contributed by atoms with Crippen LogP contribution in [0.4, 0.5) is 15.6 Å². The van der Waals surface area contributed by atoms with Crippen LogP contribution in [-0.4, -0.2) is 29.8 Å². The minimum Gasteiger partial charge on any atom is -0.497 e. The average molecular weight is 303 g/mol. The summed E-state index contributed by atoms with van der Waals surface area (Å²) in [6.45, 7) is -0.210. The SMILES string of the molecule is COc1ccc(NC(=O)Nc2ncc(C#CCO)s2)cc1. The predicted molar refractivity (Wildman–Crippen MR) is 81.7 cm³/mol. The Labute approximate surface area is 125 Å². The molecular weight excluding hydrogens is 290 g/mol. The number of urea groups is 1. The van der Waals surface area contributed by atoms with Crippen molar-refractivity contribution in [1.82, 2.24) is 4.98 Å². The Kier molecular flexibility index (Phi) is 5.15. The van der Waals surface area contributed by atoms with E-state index in [0.29, 0.717) is 21.4 Å². The normalized spacial score (nSPS) is 9.43. The maximum atomic E-state index is 11.8. The second kappa shape index (κ2) is 7.28. The number of aliphatic hydroxyl groups excluding tert-OH is 1. The molecule has 1 heterocycles. The minimum absolute atomic E-state index is 0.210. The fourth-order valence-corrected chi connectivity index (χ4v) is 2.14. The van der Waals surface area contributed by atoms with Crippen LogP contribution in [-0.2, 0) is 0 Å². The van der Waals surface area contributed by atoms with Gasteiger partial charge < -0.3 is 15.2 Å². The number of carbonyl (C=O) groups is 1. The first-order valence-electron chi connectivity index (χ1n) is 5.99. The van der Waals surface area contributed by atoms with E-state index in [9.17, 15) is 4.79 Å². The fraction of sp³-hybridized carbons (Fsp3) is 0.143. The topological polar surface area (TPSA) is 83.5 Å². The van der Waals surface area contributed by atoms with E-state index in [1.807, 2.05) is 0 Å². The molecule has 0 atom stereocenters. The maximum absolute atomic E-state index is 11.8. The lowest BCUT2D eigenvalue weighted by Crippen LogP contribution is -2.19. The molecule has 0 bridgehead atoms. The first kappa shape index (κ1) is 14.8. The molecule has 2 rings (SSSR count). The van der Waals surface area contributed by atoms with Gasteiger partial charge in [-0.15, -0.1) is 0 Å². The molecule has 0 aliphatic heterocycles. The van der Waals surface area contributed by atoms with Crippen molar-refractivity contribution in [2.75, 3.05) is 24.4 Å². The van der Waals surface area contributed by atoms with Gasteiger partial charge in [-0.1, -0.05) is 23.2 Å². The lowest BCUT2D eigenvalue weighted by atomic mass is 10.3. The largest absolute Gasteiger partial charge is 0.497 e. The minimum atomic E-state index is -0.392. The average Bonchev–Trinajstić information content (AvgIpc) is 2.93. The van der Waals surface area contributed by atoms with Crippen LogP contribution in [0.3, 0.4) is 0 Å². The van der Waals surface area contributed by atoms with Gasteiger partial charge in [-0.25, -0.2) is 9.78 Å². The molecule has 21 heavy (non-hydrogen) atoms. The van der Waals surface area contributed by atoms with Gasteiger partial charge in [-0.2, -0.15) is 0 Å². The standard InChI is InChI=1S/C14H13N3O3S/c1-20-11-6-4-10(5-7-11)16-13(19)17-14-15-9-12(21-14)3-2-8-18/h4-7,9,18H,8H2,1H3,(H2,15,16,17,19). The molecule has 0 fully saturated rings. The van der Waals surface area contributed by atoms with Gasteiger partial charge in [0.1, 0.15) is 12.4 Å². The molecule has 0 unspecified atom stereocenters. The number of methoxy groups -OCH3 is 1. The van der Waals surface area contributed by atoms with Crippen molar-refractivity contribution in [1.29, 1.82) is 0 Å². The maximum Gasteiger partial charge on any atom is 0.325 e. The van der Waals surface area contributed by atoms with E-state index >= 15 is 0 Å². The molecule has 108 valence electrons. The van der Waals surface area contributed by atoms with Gasteiger partial charge in [0.05, 0.1) is 18.2 Å². The Morgan fingerprint density at radius 2 is 2.14 bits per heavy atom. The zero-order valence-corrected chi connectivity index (χ0v) is 12.0. The van der Waals surface area contributed by atoms with E-state index in [0.717, 1.165) is 0 Å². The Balaban J connectivity index is 1.93. The van der Waals surface area contributed by atoms with Gasteiger partial charge in [0.2, 0.25) is 0 Å². The summed E-state index contributed by atoms with van der Waals surface area (Å²) in [7, 11) is 1.58. The monoisotopic (exact) mass is 303 g/mol. The number of hydrogen-bond donors (Lipinski definition) is 3. The van der Waals surface area contributed by atoms with Gasteiger partial charge in [0, 0.05) is 5.69 Å². The third-order valence-electron chi connectivity index (χ3n) is 2.36. The molecule has 3 N–H and O–H groups in total. The molecule has 0 saturated heterocycles. The van der Waals surface area contributed by atoms with Crippen LogP contribution in [0.15, 0.2) is 30.5 Å². The van der Waals surface area contributed by atoms with Crippen LogP contribution in [0, 0.1) is 11.8 Å². The highest BCUT2D eigenvalue weighted by atomic mass is 32.1. The number of thiazole rings is 1. The second-order valence-corrected chi connectivity index (χ2v) is 4.83. The van der Waals surface area contributed by atoms with E-state index in [1.165, 1.54) is 17.5 Å². The van der Waals surface area contributed by atoms with Gasteiger partial charge in [-0.05, 0) is 24.3 Å². The Hall–Kier alpha value is -2.56. The van der Waals surface area contributed by atoms with E-state index in [2.05, 4.69) is 27.5 Å². The zero-order valence-electron chi connectivity index (χ0n) is 11.2. The van der Waals surface area contributed by atoms with Crippen LogP contribution < -0.4 is 15.4 Å². The first-order valence-corrected chi connectivity index (χ1v) is 6.80. The molecule has 0 saturated carbocycles. The Bertz CT molecular complexity index is 671. The molecule has 1 aromatic carbocycles. The molecule has 7 heteroatoms. The highest BCUT2D eigenvalue weighted by Gasteiger charge is 2.06. The highest BCUT2D eigenvalue weighted by Crippen LogP contribution is 2.18. The molecule has 1 aromatic heterocycles. The van der Waals surface area contributed by atoms with Gasteiger partial charge in [0.15, 0.2) is 5.13 Å². The van der Waals surface area contributed by atoms with Crippen LogP contribution in [0.5, 0.6) is 5.75 Å². The highest BCUT2D eigenvalue weighted by molar-refractivity contribution is 7.16. The van der Waals surface area contributed by atoms with E-state index in [1.54, 1.807) is 31.4 Å². The van der Waals surface area contributed by atoms with Crippen LogP contribution in [0.25, 0.3) is 0 Å². The Morgan fingerprint density at radius 1 is 1.38 bits per heavy atom. The number of amides is 2. The van der Waals surface area contributed by atoms with Crippen molar-refractivity contribution in [2.24, 2.45) is 0 Å². The van der Waals surface area contributed by atoms with Crippen LogP contribution in [0.2, 0.25) is 0 Å². The fourth-order valence-electron chi connectivity index (χ4n) is 1.45. The number of benzene rings is 1. The van der Waals surface area contributed by atoms with Crippen molar-refractivity contribution in [3.8, 4) is 17.6 Å². The lowest BCUT2D eigenvalue weighted by molar-refractivity contribution is 0.262. The van der Waals surface area contributed by atoms with Crippen molar-refractivity contribution in [2.45, 2.75) is 0 Å². The number of nitrogens with zero attached hydrogens (tertiary/aromatic N) is 1. The third kappa shape index (κ3) is 4.49. The molecule has 0 spiro atoms. The molecular formula is C14H13N3O3S. The summed E-state index contributed by atoms with van der Waals surface area (Å²) in [4.78, 5) is 16.5. The quantitative estimate of drug-likeness (QED) is 0.759. The van der Waals surface area contributed by atoms with E-state index in [-0.39, 0.29) is 6.61 Å².